The molecule has 0 aromatic carbocycles. The first-order chi connectivity index (χ1) is 41.6. The molecule has 0 aromatic rings. The zero-order valence-electron chi connectivity index (χ0n) is 52.5. The van der Waals surface area contributed by atoms with Crippen molar-refractivity contribution in [2.45, 2.75) is 263 Å². The van der Waals surface area contributed by atoms with Gasteiger partial charge in [-0.1, -0.05) is 230 Å². The molecule has 6 unspecified atom stereocenters. The largest absolute Gasteiger partial charge is 0.479 e. The third-order valence-corrected chi connectivity index (χ3v) is 13.6. The van der Waals surface area contributed by atoms with Crippen molar-refractivity contribution in [2.24, 2.45) is 0 Å². The monoisotopic (exact) mass is 1180 g/mol. The maximum atomic E-state index is 13.2. The minimum atomic E-state index is -1.93. The molecule has 1 aliphatic heterocycles. The number of carbonyl (C=O) groups is 4. The number of esters is 3. The van der Waals surface area contributed by atoms with E-state index in [0.29, 0.717) is 25.7 Å². The van der Waals surface area contributed by atoms with Crippen LogP contribution < -0.4 is 0 Å². The summed E-state index contributed by atoms with van der Waals surface area (Å²) in [5, 5.41) is 31.6. The number of aliphatic hydroxyl groups is 2. The van der Waals surface area contributed by atoms with Crippen LogP contribution >= 0.6 is 0 Å². The number of carboxylic acid groups (broad SMARTS) is 1. The first kappa shape index (κ1) is 77.4. The first-order valence-corrected chi connectivity index (χ1v) is 32.5. The number of hydrogen-bond acceptors (Lipinski definition) is 11. The number of aliphatic carboxylic acids is 1. The Kier molecular flexibility index (Phi) is 53.4. The summed E-state index contributed by atoms with van der Waals surface area (Å²) in [4.78, 5) is 51.3. The summed E-state index contributed by atoms with van der Waals surface area (Å²) in [7, 11) is 0. The lowest BCUT2D eigenvalue weighted by molar-refractivity contribution is -0.301. The quantitative estimate of drug-likeness (QED) is 0.0228. The van der Waals surface area contributed by atoms with Crippen molar-refractivity contribution in [1.82, 2.24) is 0 Å². The number of carbonyl (C=O) groups excluding carboxylic acids is 3. The van der Waals surface area contributed by atoms with Gasteiger partial charge in [0.1, 0.15) is 18.8 Å². The highest BCUT2D eigenvalue weighted by Crippen LogP contribution is 2.26. The molecule has 1 rings (SSSR count). The van der Waals surface area contributed by atoms with Gasteiger partial charge in [-0.2, -0.15) is 0 Å². The lowest BCUT2D eigenvalue weighted by Gasteiger charge is -2.40. The van der Waals surface area contributed by atoms with E-state index in [4.69, 9.17) is 23.7 Å². The molecule has 0 amide bonds. The van der Waals surface area contributed by atoms with E-state index in [-0.39, 0.29) is 25.9 Å². The molecular formula is C73H112O12. The van der Waals surface area contributed by atoms with E-state index >= 15 is 0 Å². The summed E-state index contributed by atoms with van der Waals surface area (Å²) in [6.07, 6.45) is 73.5. The summed E-state index contributed by atoms with van der Waals surface area (Å²) >= 11 is 0. The number of allylic oxidation sites excluding steroid dienone is 26. The number of rotatable bonds is 53. The molecule has 1 fully saturated rings. The third-order valence-electron chi connectivity index (χ3n) is 13.6. The van der Waals surface area contributed by atoms with Gasteiger partial charge in [-0.15, -0.1) is 0 Å². The van der Waals surface area contributed by atoms with Gasteiger partial charge in [0, 0.05) is 19.3 Å². The highest BCUT2D eigenvalue weighted by Gasteiger charge is 2.50. The van der Waals surface area contributed by atoms with E-state index in [1.165, 1.54) is 19.3 Å². The third kappa shape index (κ3) is 48.2. The van der Waals surface area contributed by atoms with Gasteiger partial charge in [0.05, 0.1) is 6.61 Å². The van der Waals surface area contributed by atoms with Gasteiger partial charge in [0.15, 0.2) is 24.6 Å². The molecule has 1 heterocycles. The van der Waals surface area contributed by atoms with E-state index in [2.05, 4.69) is 167 Å². The van der Waals surface area contributed by atoms with Gasteiger partial charge < -0.3 is 39.0 Å². The predicted octanol–water partition coefficient (Wildman–Crippen LogP) is 17.7. The fourth-order valence-electron chi connectivity index (χ4n) is 8.68. The van der Waals surface area contributed by atoms with Crippen LogP contribution in [0.1, 0.15) is 226 Å². The molecule has 12 nitrogen and oxygen atoms in total. The van der Waals surface area contributed by atoms with Crippen LogP contribution in [0.15, 0.2) is 158 Å². The lowest BCUT2D eigenvalue weighted by atomic mass is 9.98. The van der Waals surface area contributed by atoms with Crippen molar-refractivity contribution >= 4 is 23.9 Å². The van der Waals surface area contributed by atoms with Crippen molar-refractivity contribution in [2.75, 3.05) is 13.2 Å². The van der Waals surface area contributed by atoms with E-state index in [1.54, 1.807) is 0 Å². The molecule has 12 heteroatoms. The molecule has 0 saturated carbocycles. The summed E-state index contributed by atoms with van der Waals surface area (Å²) in [5.74, 6) is -3.30. The number of ether oxygens (including phenoxy) is 5. The zero-order valence-corrected chi connectivity index (χ0v) is 52.5. The fraction of sp³-hybridized carbons (Fsp3) is 0.589. The van der Waals surface area contributed by atoms with Crippen LogP contribution in [0.4, 0.5) is 0 Å². The topological polar surface area (TPSA) is 175 Å². The second-order valence-electron chi connectivity index (χ2n) is 21.3. The van der Waals surface area contributed by atoms with Crippen molar-refractivity contribution < 1.29 is 58.2 Å². The van der Waals surface area contributed by atoms with Gasteiger partial charge in [-0.25, -0.2) is 4.79 Å². The maximum absolute atomic E-state index is 13.2. The standard InChI is InChI=1S/C73H112O12/c1-4-7-10-13-16-19-22-25-28-31-33-36-38-41-44-47-50-53-56-59-65(74)81-62-64(83-66(75)60-57-54-51-48-45-42-40-37-34-32-29-26-23-20-17-14-11-8-5-2)63-82-73-71(69(78)68(77)70(85-73)72(79)80)84-67(76)61-58-55-52-49-46-43-39-35-30-27-24-21-18-15-12-9-6-3/h7,9-10,12,16-21,25-30,33-34,36-37,39,41,43-44,50,53,64,68-71,73,77-78H,4-6,8,11,13-15,22-24,31-32,35,38,40,42,45-49,51-52,54-63H2,1-3H3,(H,79,80)/b10-7-,12-9-,19-16-,20-17-,21-18-,28-25-,29-26-,30-27-,36-33-,37-34-,43-39-,44-41-,53-50-. The molecule has 1 aliphatic rings. The van der Waals surface area contributed by atoms with Crippen molar-refractivity contribution in [1.29, 1.82) is 0 Å². The van der Waals surface area contributed by atoms with Crippen LogP contribution in [-0.2, 0) is 42.9 Å². The Morgan fingerprint density at radius 2 is 0.765 bits per heavy atom. The van der Waals surface area contributed by atoms with Gasteiger partial charge in [0.2, 0.25) is 0 Å². The van der Waals surface area contributed by atoms with E-state index < -0.39 is 67.3 Å². The summed E-state index contributed by atoms with van der Waals surface area (Å²) in [5.41, 5.74) is 0. The number of aliphatic hydroxyl groups excluding tert-OH is 2. The van der Waals surface area contributed by atoms with Crippen LogP contribution in [0.5, 0.6) is 0 Å². The first-order valence-electron chi connectivity index (χ1n) is 32.5. The van der Waals surface area contributed by atoms with Gasteiger partial charge in [-0.3, -0.25) is 14.4 Å². The fourth-order valence-corrected chi connectivity index (χ4v) is 8.68. The van der Waals surface area contributed by atoms with Crippen molar-refractivity contribution in [3.8, 4) is 0 Å². The van der Waals surface area contributed by atoms with Crippen LogP contribution in [0.25, 0.3) is 0 Å². The summed E-state index contributed by atoms with van der Waals surface area (Å²) in [6, 6.07) is 0. The normalized spacial score (nSPS) is 18.5. The van der Waals surface area contributed by atoms with Gasteiger partial charge in [0.25, 0.3) is 0 Å². The van der Waals surface area contributed by atoms with Crippen LogP contribution in [-0.4, -0.2) is 89.2 Å². The zero-order chi connectivity index (χ0) is 61.7. The SMILES string of the molecule is CC/C=C\C/C=C\C/C=C\C/C=C\C/C=C\C/C=C\CCC(=O)OCC(COC1OC(C(=O)O)C(O)C(O)C1OC(=O)CCCCCC/C=C\C/C=C\C/C=C\C/C=C\CC)OC(=O)CCCCCCCC/C=C\C/C=C\C/C=C\CCCCC. The Morgan fingerprint density at radius 3 is 1.18 bits per heavy atom. The minimum Gasteiger partial charge on any atom is -0.479 e. The molecule has 6 atom stereocenters. The average molecular weight is 1180 g/mol. The second-order valence-corrected chi connectivity index (χ2v) is 21.3. The Labute approximate surface area is 514 Å². The molecule has 1 saturated heterocycles. The molecule has 0 spiro atoms. The molecule has 476 valence electrons. The number of carboxylic acids is 1. The molecule has 0 radical (unpaired) electrons. The molecule has 85 heavy (non-hydrogen) atoms. The van der Waals surface area contributed by atoms with Gasteiger partial charge in [-0.05, 0) is 135 Å². The summed E-state index contributed by atoms with van der Waals surface area (Å²) < 4.78 is 28.4. The molecule has 0 bridgehead atoms. The second kappa shape index (κ2) is 58.7. The predicted molar refractivity (Wildman–Crippen MR) is 349 cm³/mol. The highest BCUT2D eigenvalue weighted by atomic mass is 16.7. The van der Waals surface area contributed by atoms with Gasteiger partial charge >= 0.3 is 23.9 Å². The van der Waals surface area contributed by atoms with Crippen LogP contribution in [0.2, 0.25) is 0 Å². The summed E-state index contributed by atoms with van der Waals surface area (Å²) in [6.45, 7) is 5.65. The van der Waals surface area contributed by atoms with Crippen molar-refractivity contribution in [3.05, 3.63) is 158 Å². The number of hydrogen-bond donors (Lipinski definition) is 3. The van der Waals surface area contributed by atoms with E-state index in [9.17, 15) is 34.5 Å². The minimum absolute atomic E-state index is 0.0143. The molecular weight excluding hydrogens is 1070 g/mol. The van der Waals surface area contributed by atoms with Crippen LogP contribution in [0.3, 0.4) is 0 Å². The Hall–Kier alpha value is -5.66. The highest BCUT2D eigenvalue weighted by molar-refractivity contribution is 5.74. The average Bonchev–Trinajstić information content (AvgIpc) is 3.46. The maximum Gasteiger partial charge on any atom is 0.335 e. The smallest absolute Gasteiger partial charge is 0.335 e. The Morgan fingerprint density at radius 1 is 0.400 bits per heavy atom. The van der Waals surface area contributed by atoms with E-state index in [0.717, 1.165) is 141 Å². The lowest BCUT2D eigenvalue weighted by Crippen LogP contribution is -2.61. The Bertz CT molecular complexity index is 2080. The van der Waals surface area contributed by atoms with Crippen LogP contribution in [0, 0.1) is 0 Å². The molecule has 0 aliphatic carbocycles. The number of unbranched alkanes of at least 4 members (excludes halogenated alkanes) is 13. The molecule has 0 aromatic heterocycles. The van der Waals surface area contributed by atoms with E-state index in [1.807, 2.05) is 12.2 Å². The molecule has 3 N–H and O–H groups in total. The van der Waals surface area contributed by atoms with Crippen molar-refractivity contribution in [3.63, 3.8) is 0 Å². The Balaban J connectivity index is 2.75.